The number of rotatable bonds is 3. The summed E-state index contributed by atoms with van der Waals surface area (Å²) in [6, 6.07) is 8.14. The zero-order valence-corrected chi connectivity index (χ0v) is 9.40. The van der Waals surface area contributed by atoms with Gasteiger partial charge in [-0.1, -0.05) is 19.1 Å². The van der Waals surface area contributed by atoms with Crippen LogP contribution in [0.25, 0.3) is 0 Å². The van der Waals surface area contributed by atoms with Gasteiger partial charge in [0.2, 0.25) is 0 Å². The lowest BCUT2D eigenvalue weighted by molar-refractivity contribution is 0.102. The second-order valence-electron chi connectivity index (χ2n) is 3.60. The van der Waals surface area contributed by atoms with Crippen molar-refractivity contribution in [2.75, 3.05) is 5.32 Å². The summed E-state index contributed by atoms with van der Waals surface area (Å²) in [6.07, 6.45) is 0.819. The van der Waals surface area contributed by atoms with Crippen LogP contribution < -0.4 is 5.32 Å². The molecule has 2 rings (SSSR count). The quantitative estimate of drug-likeness (QED) is 0.755. The number of hydrogen-bond acceptors (Lipinski definition) is 3. The minimum atomic E-state index is -0.378. The van der Waals surface area contributed by atoms with E-state index < -0.39 is 0 Å². The molecule has 0 unspecified atom stereocenters. The molecule has 1 aromatic heterocycles. The first kappa shape index (κ1) is 11.2. The molecule has 88 valence electrons. The summed E-state index contributed by atoms with van der Waals surface area (Å²) in [7, 11) is 0. The van der Waals surface area contributed by atoms with Gasteiger partial charge in [-0.05, 0) is 18.6 Å². The summed E-state index contributed by atoms with van der Waals surface area (Å²) in [5, 5.41) is 18.9. The third-order valence-corrected chi connectivity index (χ3v) is 2.40. The highest BCUT2D eigenvalue weighted by atomic mass is 16.3. The molecule has 1 amide bonds. The third kappa shape index (κ3) is 2.44. The molecular weight excluding hydrogens is 218 g/mol. The number of hydrogen-bond donors (Lipinski definition) is 3. The maximum atomic E-state index is 11.8. The number of aromatic nitrogens is 2. The fourth-order valence-corrected chi connectivity index (χ4v) is 1.46. The largest absolute Gasteiger partial charge is 0.507 e. The topological polar surface area (TPSA) is 78.0 Å². The number of aromatic hydroxyl groups is 1. The number of nitrogens with zero attached hydrogens (tertiary/aromatic N) is 1. The number of aryl methyl sites for hydroxylation is 1. The van der Waals surface area contributed by atoms with Crippen molar-refractivity contribution in [3.63, 3.8) is 0 Å². The van der Waals surface area contributed by atoms with Crippen molar-refractivity contribution in [3.8, 4) is 5.75 Å². The van der Waals surface area contributed by atoms with Crippen LogP contribution in [0.5, 0.6) is 5.75 Å². The van der Waals surface area contributed by atoms with Crippen LogP contribution in [0.1, 0.15) is 23.0 Å². The van der Waals surface area contributed by atoms with Crippen LogP contribution in [0.4, 0.5) is 5.82 Å². The Balaban J connectivity index is 2.14. The fourth-order valence-electron chi connectivity index (χ4n) is 1.46. The third-order valence-electron chi connectivity index (χ3n) is 2.40. The Hall–Kier alpha value is -2.30. The van der Waals surface area contributed by atoms with Crippen molar-refractivity contribution < 1.29 is 9.90 Å². The summed E-state index contributed by atoms with van der Waals surface area (Å²) < 4.78 is 0. The number of para-hydroxylation sites is 1. The van der Waals surface area contributed by atoms with Crippen LogP contribution in [-0.2, 0) is 6.42 Å². The van der Waals surface area contributed by atoms with Gasteiger partial charge in [0.15, 0.2) is 5.82 Å². The monoisotopic (exact) mass is 231 g/mol. The number of nitrogens with one attached hydrogen (secondary N) is 2. The van der Waals surface area contributed by atoms with Gasteiger partial charge in [0.1, 0.15) is 5.75 Å². The normalized spacial score (nSPS) is 10.2. The molecule has 3 N–H and O–H groups in total. The van der Waals surface area contributed by atoms with Crippen LogP contribution in [0.3, 0.4) is 0 Å². The van der Waals surface area contributed by atoms with Crippen molar-refractivity contribution in [3.05, 3.63) is 41.6 Å². The lowest BCUT2D eigenvalue weighted by atomic mass is 10.2. The lowest BCUT2D eigenvalue weighted by Gasteiger charge is -2.03. The van der Waals surface area contributed by atoms with Crippen LogP contribution in [0.15, 0.2) is 30.3 Å². The van der Waals surface area contributed by atoms with E-state index in [1.54, 1.807) is 24.3 Å². The van der Waals surface area contributed by atoms with Crippen LogP contribution in [0, 0.1) is 0 Å². The van der Waals surface area contributed by atoms with Crippen LogP contribution in [-0.4, -0.2) is 21.2 Å². The van der Waals surface area contributed by atoms with Crippen molar-refractivity contribution in [2.45, 2.75) is 13.3 Å². The van der Waals surface area contributed by atoms with Gasteiger partial charge in [0.05, 0.1) is 5.56 Å². The zero-order valence-electron chi connectivity index (χ0n) is 9.40. The average molecular weight is 231 g/mol. The molecule has 0 fully saturated rings. The molecule has 0 aliphatic heterocycles. The number of carbonyl (C=O) groups is 1. The number of carbonyl (C=O) groups excluding carboxylic acids is 1. The minimum Gasteiger partial charge on any atom is -0.507 e. The number of benzene rings is 1. The molecule has 0 saturated carbocycles. The zero-order chi connectivity index (χ0) is 12.3. The first-order valence-electron chi connectivity index (χ1n) is 5.34. The second-order valence-corrected chi connectivity index (χ2v) is 3.60. The smallest absolute Gasteiger partial charge is 0.260 e. The highest BCUT2D eigenvalue weighted by Crippen LogP contribution is 2.17. The molecule has 5 nitrogen and oxygen atoms in total. The Morgan fingerprint density at radius 2 is 2.24 bits per heavy atom. The van der Waals surface area contributed by atoms with Gasteiger partial charge in [-0.3, -0.25) is 9.89 Å². The molecule has 0 saturated heterocycles. The molecule has 5 heteroatoms. The molecule has 0 aliphatic carbocycles. The average Bonchev–Trinajstić information content (AvgIpc) is 2.77. The van der Waals surface area contributed by atoms with Gasteiger partial charge >= 0.3 is 0 Å². The summed E-state index contributed by atoms with van der Waals surface area (Å²) in [5.74, 6) is 0.0311. The molecule has 1 aromatic carbocycles. The summed E-state index contributed by atoms with van der Waals surface area (Å²) >= 11 is 0. The molecule has 1 heterocycles. The van der Waals surface area contributed by atoms with Gasteiger partial charge in [-0.2, -0.15) is 5.10 Å². The van der Waals surface area contributed by atoms with Gasteiger partial charge in [0, 0.05) is 11.8 Å². The Morgan fingerprint density at radius 1 is 1.47 bits per heavy atom. The van der Waals surface area contributed by atoms with E-state index in [-0.39, 0.29) is 17.2 Å². The Morgan fingerprint density at radius 3 is 2.88 bits per heavy atom. The maximum absolute atomic E-state index is 11.8. The van der Waals surface area contributed by atoms with E-state index >= 15 is 0 Å². The van der Waals surface area contributed by atoms with E-state index in [2.05, 4.69) is 15.5 Å². The van der Waals surface area contributed by atoms with E-state index in [1.165, 1.54) is 6.07 Å². The fraction of sp³-hybridized carbons (Fsp3) is 0.167. The number of phenolic OH excluding ortho intramolecular Hbond substituents is 1. The van der Waals surface area contributed by atoms with E-state index in [0.29, 0.717) is 5.82 Å². The Bertz CT molecular complexity index is 534. The molecule has 0 aliphatic rings. The summed E-state index contributed by atoms with van der Waals surface area (Å²) in [5.41, 5.74) is 1.17. The number of H-pyrrole nitrogens is 1. The number of phenols is 1. The molecule has 17 heavy (non-hydrogen) atoms. The van der Waals surface area contributed by atoms with Crippen LogP contribution >= 0.6 is 0 Å². The van der Waals surface area contributed by atoms with Crippen LogP contribution in [0.2, 0.25) is 0 Å². The number of anilines is 1. The molecule has 0 radical (unpaired) electrons. The second kappa shape index (κ2) is 4.69. The van der Waals surface area contributed by atoms with E-state index in [4.69, 9.17) is 0 Å². The number of amides is 1. The van der Waals surface area contributed by atoms with Crippen molar-refractivity contribution >= 4 is 11.7 Å². The van der Waals surface area contributed by atoms with Crippen molar-refractivity contribution in [1.82, 2.24) is 10.2 Å². The Kier molecular flexibility index (Phi) is 3.09. The highest BCUT2D eigenvalue weighted by molar-refractivity contribution is 6.05. The van der Waals surface area contributed by atoms with Gasteiger partial charge in [-0.25, -0.2) is 0 Å². The molecule has 2 aromatic rings. The summed E-state index contributed by atoms with van der Waals surface area (Å²) in [6.45, 7) is 1.99. The van der Waals surface area contributed by atoms with Gasteiger partial charge in [-0.15, -0.1) is 0 Å². The van der Waals surface area contributed by atoms with E-state index in [9.17, 15) is 9.90 Å². The van der Waals surface area contributed by atoms with Crippen molar-refractivity contribution in [2.24, 2.45) is 0 Å². The minimum absolute atomic E-state index is 0.0451. The maximum Gasteiger partial charge on any atom is 0.260 e. The number of aromatic amines is 1. The summed E-state index contributed by atoms with van der Waals surface area (Å²) in [4.78, 5) is 11.8. The first-order chi connectivity index (χ1) is 8.20. The van der Waals surface area contributed by atoms with Gasteiger partial charge < -0.3 is 10.4 Å². The van der Waals surface area contributed by atoms with Crippen molar-refractivity contribution in [1.29, 1.82) is 0 Å². The highest BCUT2D eigenvalue weighted by Gasteiger charge is 2.11. The first-order valence-corrected chi connectivity index (χ1v) is 5.34. The SMILES string of the molecule is CCc1cc(NC(=O)c2ccccc2O)n[nH]1. The Labute approximate surface area is 98.5 Å². The molecule has 0 bridgehead atoms. The predicted molar refractivity (Wildman–Crippen MR) is 64.0 cm³/mol. The molecule has 0 spiro atoms. The lowest BCUT2D eigenvalue weighted by Crippen LogP contribution is -2.12. The predicted octanol–water partition coefficient (Wildman–Crippen LogP) is 1.93. The standard InChI is InChI=1S/C12H13N3O2/c1-2-8-7-11(15-14-8)13-12(17)9-5-3-4-6-10(9)16/h3-7,16H,2H2,1H3,(H2,13,14,15,17). The van der Waals surface area contributed by atoms with Gasteiger partial charge in [0.25, 0.3) is 5.91 Å². The van der Waals surface area contributed by atoms with E-state index in [1.807, 2.05) is 6.92 Å². The van der Waals surface area contributed by atoms with E-state index in [0.717, 1.165) is 12.1 Å². The molecular formula is C12H13N3O2. The molecule has 0 atom stereocenters.